The van der Waals surface area contributed by atoms with E-state index in [1.807, 2.05) is 13.0 Å². The van der Waals surface area contributed by atoms with Gasteiger partial charge in [0, 0.05) is 17.1 Å². The molecule has 4 bridgehead atoms. The number of aryl methyl sites for hydroxylation is 1. The van der Waals surface area contributed by atoms with Gasteiger partial charge >= 0.3 is 5.97 Å². The zero-order valence-electron chi connectivity index (χ0n) is 19.2. The lowest BCUT2D eigenvalue weighted by Crippen LogP contribution is -2.52. The standard InChI is InChI=1S/C25H32N4O2S2/c1-2-31-23(30)21-18-5-3-4-6-19(18)33-22(21)27-24(32)26-20-7-8-29(28-20)25-12-15-9-16(13-25)11-17(10-15)14-25/h7-8,15-17H,2-6,9-14H2,1H3,(H2,26,27,28,32). The van der Waals surface area contributed by atoms with Crippen LogP contribution in [0.3, 0.4) is 0 Å². The van der Waals surface area contributed by atoms with Crippen molar-refractivity contribution in [3.05, 3.63) is 28.3 Å². The Kier molecular flexibility index (Phi) is 5.48. The summed E-state index contributed by atoms with van der Waals surface area (Å²) in [5, 5.41) is 12.7. The molecule has 5 aliphatic carbocycles. The summed E-state index contributed by atoms with van der Waals surface area (Å²) in [7, 11) is 0. The molecular formula is C25H32N4O2S2. The van der Waals surface area contributed by atoms with Crippen molar-refractivity contribution in [3.63, 3.8) is 0 Å². The number of nitrogens with zero attached hydrogens (tertiary/aromatic N) is 2. The Morgan fingerprint density at radius 2 is 1.88 bits per heavy atom. The van der Waals surface area contributed by atoms with E-state index >= 15 is 0 Å². The number of carbonyl (C=O) groups is 1. The predicted octanol–water partition coefficient (Wildman–Crippen LogP) is 5.73. The van der Waals surface area contributed by atoms with Crippen LogP contribution in [0, 0.1) is 17.8 Å². The Bertz CT molecular complexity index is 1050. The Balaban J connectivity index is 1.18. The Morgan fingerprint density at radius 1 is 1.18 bits per heavy atom. The van der Waals surface area contributed by atoms with Crippen molar-refractivity contribution in [1.29, 1.82) is 0 Å². The summed E-state index contributed by atoms with van der Waals surface area (Å²) in [6.07, 6.45) is 14.4. The monoisotopic (exact) mass is 484 g/mol. The first-order valence-electron chi connectivity index (χ1n) is 12.5. The molecule has 0 unspecified atom stereocenters. The number of fused-ring (bicyclic) bond motifs is 1. The lowest BCUT2D eigenvalue weighted by atomic mass is 9.53. The van der Waals surface area contributed by atoms with Crippen molar-refractivity contribution in [2.75, 3.05) is 17.2 Å². The number of rotatable bonds is 5. The van der Waals surface area contributed by atoms with Gasteiger partial charge in [-0.2, -0.15) is 5.10 Å². The van der Waals surface area contributed by atoms with E-state index in [2.05, 4.69) is 21.5 Å². The average Bonchev–Trinajstić information content (AvgIpc) is 3.37. The minimum atomic E-state index is -0.256. The normalized spacial score (nSPS) is 29.5. The summed E-state index contributed by atoms with van der Waals surface area (Å²) < 4.78 is 7.59. The number of hydrogen-bond donors (Lipinski definition) is 2. The van der Waals surface area contributed by atoms with Crippen LogP contribution >= 0.6 is 23.6 Å². The van der Waals surface area contributed by atoms with Gasteiger partial charge in [0.25, 0.3) is 0 Å². The molecule has 176 valence electrons. The van der Waals surface area contributed by atoms with Gasteiger partial charge in [-0.05, 0) is 107 Å². The number of hydrogen-bond acceptors (Lipinski definition) is 5. The number of ether oxygens (including phenoxy) is 1. The van der Waals surface area contributed by atoms with E-state index in [0.717, 1.165) is 53.4 Å². The molecule has 33 heavy (non-hydrogen) atoms. The minimum absolute atomic E-state index is 0.202. The maximum Gasteiger partial charge on any atom is 0.341 e. The molecule has 6 nitrogen and oxygen atoms in total. The van der Waals surface area contributed by atoms with Crippen molar-refractivity contribution < 1.29 is 9.53 Å². The van der Waals surface area contributed by atoms with Crippen LogP contribution in [0.25, 0.3) is 0 Å². The second-order valence-electron chi connectivity index (χ2n) is 10.5. The van der Waals surface area contributed by atoms with E-state index < -0.39 is 0 Å². The Labute approximate surface area is 204 Å². The lowest BCUT2D eigenvalue weighted by molar-refractivity contribution is -0.0492. The molecule has 4 fully saturated rings. The third-order valence-electron chi connectivity index (χ3n) is 8.20. The van der Waals surface area contributed by atoms with Crippen molar-refractivity contribution in [1.82, 2.24) is 9.78 Å². The van der Waals surface area contributed by atoms with E-state index in [1.54, 1.807) is 11.3 Å². The first-order valence-corrected chi connectivity index (χ1v) is 13.7. The molecule has 0 atom stereocenters. The number of esters is 1. The first kappa shape index (κ1) is 21.6. The number of nitrogens with one attached hydrogen (secondary N) is 2. The van der Waals surface area contributed by atoms with Crippen LogP contribution < -0.4 is 10.6 Å². The van der Waals surface area contributed by atoms with E-state index in [-0.39, 0.29) is 11.5 Å². The van der Waals surface area contributed by atoms with Gasteiger partial charge in [-0.25, -0.2) is 4.79 Å². The number of thiocarbonyl (C=S) groups is 1. The summed E-state index contributed by atoms with van der Waals surface area (Å²) in [6, 6.07) is 2.03. The quantitative estimate of drug-likeness (QED) is 0.417. The third-order valence-corrected chi connectivity index (χ3v) is 9.61. The fourth-order valence-electron chi connectivity index (χ4n) is 7.32. The maximum absolute atomic E-state index is 12.7. The van der Waals surface area contributed by atoms with E-state index in [0.29, 0.717) is 17.3 Å². The molecular weight excluding hydrogens is 452 g/mol. The molecule has 2 aromatic rings. The molecule has 0 amide bonds. The number of anilines is 2. The van der Waals surface area contributed by atoms with Crippen LogP contribution in [0.2, 0.25) is 0 Å². The van der Waals surface area contributed by atoms with Gasteiger partial charge in [0.15, 0.2) is 10.9 Å². The highest BCUT2D eigenvalue weighted by Gasteiger charge is 2.52. The largest absolute Gasteiger partial charge is 0.462 e. The summed E-state index contributed by atoms with van der Waals surface area (Å²) in [5.41, 5.74) is 2.01. The summed E-state index contributed by atoms with van der Waals surface area (Å²) >= 11 is 7.26. The van der Waals surface area contributed by atoms with Gasteiger partial charge in [-0.15, -0.1) is 11.3 Å². The van der Waals surface area contributed by atoms with Crippen molar-refractivity contribution in [2.45, 2.75) is 76.7 Å². The number of aromatic nitrogens is 2. The molecule has 0 aliphatic heterocycles. The van der Waals surface area contributed by atoms with Crippen LogP contribution in [0.5, 0.6) is 0 Å². The number of thiophene rings is 1. The van der Waals surface area contributed by atoms with Crippen LogP contribution in [0.4, 0.5) is 10.8 Å². The second kappa shape index (κ2) is 8.38. The summed E-state index contributed by atoms with van der Waals surface area (Å²) in [6.45, 7) is 2.21. The van der Waals surface area contributed by atoms with Gasteiger partial charge in [0.1, 0.15) is 5.00 Å². The molecule has 7 rings (SSSR count). The highest BCUT2D eigenvalue weighted by molar-refractivity contribution is 7.80. The summed E-state index contributed by atoms with van der Waals surface area (Å²) in [5.74, 6) is 3.15. The van der Waals surface area contributed by atoms with Gasteiger partial charge in [-0.3, -0.25) is 4.68 Å². The molecule has 0 saturated heterocycles. The van der Waals surface area contributed by atoms with Crippen LogP contribution in [0.1, 0.15) is 79.1 Å². The maximum atomic E-state index is 12.7. The van der Waals surface area contributed by atoms with Crippen molar-refractivity contribution >= 4 is 45.5 Å². The highest BCUT2D eigenvalue weighted by atomic mass is 32.1. The molecule has 2 heterocycles. The summed E-state index contributed by atoms with van der Waals surface area (Å²) in [4.78, 5) is 14.0. The molecule has 2 N–H and O–H groups in total. The first-order chi connectivity index (χ1) is 16.0. The molecule has 5 aliphatic rings. The molecule has 0 spiro atoms. The molecule has 0 radical (unpaired) electrons. The van der Waals surface area contributed by atoms with E-state index in [1.165, 1.54) is 49.8 Å². The molecule has 0 aromatic carbocycles. The molecule has 2 aromatic heterocycles. The third kappa shape index (κ3) is 3.89. The Hall–Kier alpha value is -1.93. The zero-order chi connectivity index (χ0) is 22.6. The lowest BCUT2D eigenvalue weighted by Gasteiger charge is -2.56. The van der Waals surface area contributed by atoms with E-state index in [4.69, 9.17) is 22.1 Å². The van der Waals surface area contributed by atoms with Crippen LogP contribution in [-0.2, 0) is 23.1 Å². The van der Waals surface area contributed by atoms with E-state index in [9.17, 15) is 4.79 Å². The SMILES string of the molecule is CCOC(=O)c1c(NC(=S)Nc2ccn(C34CC5CC(CC(C5)C3)C4)n2)sc2c1CCCC2. The topological polar surface area (TPSA) is 68.2 Å². The molecule has 8 heteroatoms. The van der Waals surface area contributed by atoms with Crippen LogP contribution in [0.15, 0.2) is 12.3 Å². The minimum Gasteiger partial charge on any atom is -0.462 e. The fourth-order valence-corrected chi connectivity index (χ4v) is 8.88. The van der Waals surface area contributed by atoms with Crippen molar-refractivity contribution in [3.8, 4) is 0 Å². The predicted molar refractivity (Wildman–Crippen MR) is 135 cm³/mol. The smallest absolute Gasteiger partial charge is 0.341 e. The van der Waals surface area contributed by atoms with Crippen molar-refractivity contribution in [2.24, 2.45) is 17.8 Å². The highest BCUT2D eigenvalue weighted by Crippen LogP contribution is 2.58. The Morgan fingerprint density at radius 3 is 2.58 bits per heavy atom. The second-order valence-corrected chi connectivity index (χ2v) is 12.0. The number of carbonyl (C=O) groups excluding carboxylic acids is 1. The van der Waals surface area contributed by atoms with Gasteiger partial charge in [-0.1, -0.05) is 0 Å². The average molecular weight is 485 g/mol. The van der Waals surface area contributed by atoms with Gasteiger partial charge in [0.05, 0.1) is 17.7 Å². The van der Waals surface area contributed by atoms with Gasteiger partial charge in [0.2, 0.25) is 0 Å². The molecule has 4 saturated carbocycles. The van der Waals surface area contributed by atoms with Crippen LogP contribution in [-0.4, -0.2) is 27.5 Å². The zero-order valence-corrected chi connectivity index (χ0v) is 20.8. The van der Waals surface area contributed by atoms with Gasteiger partial charge < -0.3 is 15.4 Å². The fraction of sp³-hybridized carbons (Fsp3) is 0.640.